The summed E-state index contributed by atoms with van der Waals surface area (Å²) in [6, 6.07) is 0.260. The van der Waals surface area contributed by atoms with E-state index in [2.05, 4.69) is 11.8 Å². The van der Waals surface area contributed by atoms with Crippen LogP contribution in [0.25, 0.3) is 0 Å². The van der Waals surface area contributed by atoms with Gasteiger partial charge in [-0.2, -0.15) is 0 Å². The van der Waals surface area contributed by atoms with E-state index < -0.39 is 5.97 Å². The monoisotopic (exact) mass is 297 g/mol. The Morgan fingerprint density at radius 1 is 1.19 bits per heavy atom. The first-order valence-corrected chi connectivity index (χ1v) is 8.61. The number of ether oxygens (including phenoxy) is 1. The van der Waals surface area contributed by atoms with E-state index in [1.807, 2.05) is 0 Å². The molecule has 1 saturated heterocycles. The van der Waals surface area contributed by atoms with Crippen LogP contribution in [-0.2, 0) is 9.53 Å². The van der Waals surface area contributed by atoms with Crippen LogP contribution in [0.1, 0.15) is 51.9 Å². The fourth-order valence-electron chi connectivity index (χ4n) is 4.28. The molecule has 2 aliphatic rings. The molecule has 1 N–H and O–H groups in total. The molecule has 0 aromatic rings. The van der Waals surface area contributed by atoms with E-state index in [1.165, 1.54) is 12.8 Å². The lowest BCUT2D eigenvalue weighted by molar-refractivity contribution is -0.146. The second kappa shape index (κ2) is 8.14. The molecule has 0 aromatic heterocycles. The Labute approximate surface area is 128 Å². The van der Waals surface area contributed by atoms with Crippen molar-refractivity contribution in [3.05, 3.63) is 0 Å². The van der Waals surface area contributed by atoms with Crippen LogP contribution in [0.2, 0.25) is 0 Å². The Morgan fingerprint density at radius 2 is 1.90 bits per heavy atom. The molecule has 0 radical (unpaired) electrons. The normalized spacial score (nSPS) is 32.2. The lowest BCUT2D eigenvalue weighted by Gasteiger charge is -2.44. The molecule has 3 unspecified atom stereocenters. The number of nitrogens with zero attached hydrogens (tertiary/aromatic N) is 1. The van der Waals surface area contributed by atoms with Gasteiger partial charge in [0.05, 0.1) is 5.92 Å². The molecule has 1 aliphatic heterocycles. The number of carboxylic acid groups (broad SMARTS) is 1. The quantitative estimate of drug-likeness (QED) is 0.819. The van der Waals surface area contributed by atoms with Gasteiger partial charge in [-0.15, -0.1) is 0 Å². The van der Waals surface area contributed by atoms with E-state index in [-0.39, 0.29) is 12.0 Å². The Balaban J connectivity index is 1.94. The molecule has 2 rings (SSSR count). The Kier molecular flexibility index (Phi) is 6.49. The topological polar surface area (TPSA) is 49.8 Å². The number of carbonyl (C=O) groups is 1. The van der Waals surface area contributed by atoms with Crippen LogP contribution in [0.15, 0.2) is 0 Å². The summed E-state index contributed by atoms with van der Waals surface area (Å²) < 4.78 is 5.26. The molecule has 0 spiro atoms. The SMILES string of the molecule is CCCC1CCC(C(=O)O)C(N2CCC(COC)CC2)C1. The molecule has 4 heteroatoms. The Bertz CT molecular complexity index is 326. The van der Waals surface area contributed by atoms with Gasteiger partial charge in [-0.1, -0.05) is 19.8 Å². The minimum atomic E-state index is -0.589. The molecule has 21 heavy (non-hydrogen) atoms. The summed E-state index contributed by atoms with van der Waals surface area (Å²) in [5, 5.41) is 9.55. The van der Waals surface area contributed by atoms with Crippen molar-refractivity contribution < 1.29 is 14.6 Å². The second-order valence-electron chi connectivity index (χ2n) is 6.91. The Hall–Kier alpha value is -0.610. The zero-order valence-electron chi connectivity index (χ0n) is 13.6. The maximum absolute atomic E-state index is 11.6. The molecule has 4 nitrogen and oxygen atoms in total. The van der Waals surface area contributed by atoms with Gasteiger partial charge in [-0.05, 0) is 57.0 Å². The lowest BCUT2D eigenvalue weighted by atomic mass is 9.75. The maximum atomic E-state index is 11.6. The smallest absolute Gasteiger partial charge is 0.308 e. The number of methoxy groups -OCH3 is 1. The summed E-state index contributed by atoms with van der Waals surface area (Å²) in [7, 11) is 1.77. The van der Waals surface area contributed by atoms with E-state index in [0.29, 0.717) is 5.92 Å². The predicted octanol–water partition coefficient (Wildman–Crippen LogP) is 3.01. The molecule has 0 amide bonds. The highest BCUT2D eigenvalue weighted by Crippen LogP contribution is 2.36. The van der Waals surface area contributed by atoms with Crippen LogP contribution in [0.4, 0.5) is 0 Å². The van der Waals surface area contributed by atoms with Crippen molar-refractivity contribution in [2.45, 2.75) is 57.9 Å². The molecular formula is C17H31NO3. The molecule has 2 fully saturated rings. The third-order valence-electron chi connectivity index (χ3n) is 5.46. The molecule has 122 valence electrons. The van der Waals surface area contributed by atoms with E-state index in [9.17, 15) is 9.90 Å². The first-order chi connectivity index (χ1) is 10.2. The summed E-state index contributed by atoms with van der Waals surface area (Å²) in [6.45, 7) is 5.16. The zero-order chi connectivity index (χ0) is 15.2. The maximum Gasteiger partial charge on any atom is 0.308 e. The summed E-state index contributed by atoms with van der Waals surface area (Å²) in [6.07, 6.45) is 7.81. The fraction of sp³-hybridized carbons (Fsp3) is 0.941. The van der Waals surface area contributed by atoms with Gasteiger partial charge in [0.2, 0.25) is 0 Å². The number of likely N-dealkylation sites (tertiary alicyclic amines) is 1. The van der Waals surface area contributed by atoms with Crippen LogP contribution in [-0.4, -0.2) is 48.8 Å². The number of hydrogen-bond acceptors (Lipinski definition) is 3. The Morgan fingerprint density at radius 3 is 2.48 bits per heavy atom. The van der Waals surface area contributed by atoms with Gasteiger partial charge in [-0.25, -0.2) is 0 Å². The zero-order valence-corrected chi connectivity index (χ0v) is 13.6. The van der Waals surface area contributed by atoms with Gasteiger partial charge in [-0.3, -0.25) is 9.69 Å². The summed E-state index contributed by atoms with van der Waals surface area (Å²) in [5.41, 5.74) is 0. The van der Waals surface area contributed by atoms with E-state index in [0.717, 1.165) is 57.7 Å². The van der Waals surface area contributed by atoms with Gasteiger partial charge in [0.1, 0.15) is 0 Å². The second-order valence-corrected chi connectivity index (χ2v) is 6.91. The highest BCUT2D eigenvalue weighted by molar-refractivity contribution is 5.71. The number of hydrogen-bond donors (Lipinski definition) is 1. The fourth-order valence-corrected chi connectivity index (χ4v) is 4.28. The third kappa shape index (κ3) is 4.43. The van der Waals surface area contributed by atoms with Crippen LogP contribution in [0.5, 0.6) is 0 Å². The van der Waals surface area contributed by atoms with Crippen LogP contribution >= 0.6 is 0 Å². The summed E-state index contributed by atoms with van der Waals surface area (Å²) >= 11 is 0. The number of rotatable bonds is 6. The molecular weight excluding hydrogens is 266 g/mol. The van der Waals surface area contributed by atoms with Gasteiger partial charge in [0.25, 0.3) is 0 Å². The molecule has 3 atom stereocenters. The highest BCUT2D eigenvalue weighted by atomic mass is 16.5. The number of aliphatic carboxylic acids is 1. The molecule has 1 saturated carbocycles. The molecule has 1 heterocycles. The third-order valence-corrected chi connectivity index (χ3v) is 5.46. The minimum absolute atomic E-state index is 0.155. The van der Waals surface area contributed by atoms with Crippen LogP contribution in [0.3, 0.4) is 0 Å². The van der Waals surface area contributed by atoms with E-state index in [1.54, 1.807) is 7.11 Å². The summed E-state index contributed by atoms with van der Waals surface area (Å²) in [4.78, 5) is 14.1. The van der Waals surface area contributed by atoms with Gasteiger partial charge < -0.3 is 9.84 Å². The molecule has 0 aromatic carbocycles. The average molecular weight is 297 g/mol. The van der Waals surface area contributed by atoms with Crippen molar-refractivity contribution in [1.82, 2.24) is 4.90 Å². The van der Waals surface area contributed by atoms with E-state index in [4.69, 9.17) is 4.74 Å². The van der Waals surface area contributed by atoms with Crippen molar-refractivity contribution >= 4 is 5.97 Å². The highest BCUT2D eigenvalue weighted by Gasteiger charge is 2.39. The standard InChI is InChI=1S/C17H31NO3/c1-3-4-13-5-6-15(17(19)20)16(11-13)18-9-7-14(8-10-18)12-21-2/h13-16H,3-12H2,1-2H3,(H,19,20). The first kappa shape index (κ1) is 16.8. The van der Waals surface area contributed by atoms with Gasteiger partial charge >= 0.3 is 5.97 Å². The van der Waals surface area contributed by atoms with Crippen molar-refractivity contribution in [3.8, 4) is 0 Å². The van der Waals surface area contributed by atoms with Crippen LogP contribution in [0, 0.1) is 17.8 Å². The van der Waals surface area contributed by atoms with Crippen molar-refractivity contribution in [3.63, 3.8) is 0 Å². The largest absolute Gasteiger partial charge is 0.481 e. The van der Waals surface area contributed by atoms with Gasteiger partial charge in [0, 0.05) is 19.8 Å². The average Bonchev–Trinajstić information content (AvgIpc) is 2.48. The predicted molar refractivity (Wildman–Crippen MR) is 83.3 cm³/mol. The summed E-state index contributed by atoms with van der Waals surface area (Å²) in [5.74, 6) is 0.642. The minimum Gasteiger partial charge on any atom is -0.481 e. The first-order valence-electron chi connectivity index (χ1n) is 8.61. The van der Waals surface area contributed by atoms with Crippen molar-refractivity contribution in [1.29, 1.82) is 0 Å². The van der Waals surface area contributed by atoms with Crippen molar-refractivity contribution in [2.75, 3.05) is 26.8 Å². The lowest BCUT2D eigenvalue weighted by Crippen LogP contribution is -2.50. The number of piperidine rings is 1. The van der Waals surface area contributed by atoms with E-state index >= 15 is 0 Å². The van der Waals surface area contributed by atoms with Crippen molar-refractivity contribution in [2.24, 2.45) is 17.8 Å². The van der Waals surface area contributed by atoms with Gasteiger partial charge in [0.15, 0.2) is 0 Å². The number of carboxylic acids is 1. The molecule has 0 bridgehead atoms. The molecule has 1 aliphatic carbocycles. The van der Waals surface area contributed by atoms with Crippen LogP contribution < -0.4 is 0 Å².